The molecule has 2 rings (SSSR count). The van der Waals surface area contributed by atoms with Crippen molar-refractivity contribution >= 4 is 27.2 Å². The zero-order valence-corrected chi connectivity index (χ0v) is 13.4. The van der Waals surface area contributed by atoms with Crippen molar-refractivity contribution in [1.82, 2.24) is 4.31 Å². The molecule has 1 aromatic heterocycles. The number of furan rings is 1. The van der Waals surface area contributed by atoms with E-state index >= 15 is 0 Å². The number of nitrogens with zero attached hydrogens (tertiary/aromatic N) is 1. The largest absolute Gasteiger partial charge is 0.472 e. The van der Waals surface area contributed by atoms with E-state index in [1.165, 1.54) is 29.9 Å². The van der Waals surface area contributed by atoms with E-state index in [9.17, 15) is 8.42 Å². The van der Waals surface area contributed by atoms with Crippen molar-refractivity contribution in [3.8, 4) is 0 Å². The van der Waals surface area contributed by atoms with E-state index in [1.54, 1.807) is 25.1 Å². The molecule has 5 nitrogen and oxygen atoms in total. The fourth-order valence-corrected chi connectivity index (χ4v) is 3.47. The normalized spacial score (nSPS) is 11.8. The Balaban J connectivity index is 2.33. The van der Waals surface area contributed by atoms with Crippen LogP contribution >= 0.6 is 12.2 Å². The standard InChI is InChI=1S/C14H16N2O3S2/c1-10-7-12(14(15)20)3-4-13(10)21(17,18)16(2)8-11-5-6-19-9-11/h3-7,9H,8H2,1-2H3,(H2,15,20). The quantitative estimate of drug-likeness (QED) is 0.852. The molecule has 0 bridgehead atoms. The van der Waals surface area contributed by atoms with Crippen LogP contribution < -0.4 is 5.73 Å². The third-order valence-corrected chi connectivity index (χ3v) is 5.33. The van der Waals surface area contributed by atoms with Gasteiger partial charge in [-0.15, -0.1) is 0 Å². The van der Waals surface area contributed by atoms with E-state index in [4.69, 9.17) is 22.4 Å². The zero-order chi connectivity index (χ0) is 15.6. The molecule has 1 aromatic carbocycles. The first-order chi connectivity index (χ1) is 9.82. The SMILES string of the molecule is Cc1cc(C(N)=S)ccc1S(=O)(=O)N(C)Cc1ccoc1. The molecule has 0 spiro atoms. The van der Waals surface area contributed by atoms with Crippen molar-refractivity contribution in [3.05, 3.63) is 53.5 Å². The van der Waals surface area contributed by atoms with Gasteiger partial charge in [-0.3, -0.25) is 0 Å². The molecule has 0 aliphatic carbocycles. The van der Waals surface area contributed by atoms with Crippen molar-refractivity contribution in [2.45, 2.75) is 18.4 Å². The van der Waals surface area contributed by atoms with Gasteiger partial charge >= 0.3 is 0 Å². The summed E-state index contributed by atoms with van der Waals surface area (Å²) in [6.45, 7) is 1.97. The molecule has 0 saturated heterocycles. The second kappa shape index (κ2) is 5.97. The molecule has 21 heavy (non-hydrogen) atoms. The van der Waals surface area contributed by atoms with Gasteiger partial charge in [0, 0.05) is 24.7 Å². The van der Waals surface area contributed by atoms with E-state index in [0.717, 1.165) is 5.56 Å². The lowest BCUT2D eigenvalue weighted by molar-refractivity contribution is 0.463. The lowest BCUT2D eigenvalue weighted by Gasteiger charge is -2.18. The predicted octanol–water partition coefficient (Wildman–Crippen LogP) is 2.04. The Morgan fingerprint density at radius 3 is 2.62 bits per heavy atom. The molecule has 0 radical (unpaired) electrons. The highest BCUT2D eigenvalue weighted by Crippen LogP contribution is 2.21. The third kappa shape index (κ3) is 3.31. The summed E-state index contributed by atoms with van der Waals surface area (Å²) in [6.07, 6.45) is 3.03. The van der Waals surface area contributed by atoms with Crippen LogP contribution in [0, 0.1) is 6.92 Å². The van der Waals surface area contributed by atoms with Gasteiger partial charge in [0.15, 0.2) is 0 Å². The Morgan fingerprint density at radius 2 is 2.10 bits per heavy atom. The molecule has 0 unspecified atom stereocenters. The van der Waals surface area contributed by atoms with Gasteiger partial charge in [-0.05, 0) is 30.7 Å². The number of thiocarbonyl (C=S) groups is 1. The summed E-state index contributed by atoms with van der Waals surface area (Å²) < 4.78 is 31.4. The van der Waals surface area contributed by atoms with Crippen molar-refractivity contribution in [2.24, 2.45) is 5.73 Å². The lowest BCUT2D eigenvalue weighted by Crippen LogP contribution is -2.27. The van der Waals surface area contributed by atoms with Crippen LogP contribution in [0.1, 0.15) is 16.7 Å². The number of sulfonamides is 1. The van der Waals surface area contributed by atoms with Crippen LogP contribution in [-0.2, 0) is 16.6 Å². The number of nitrogens with two attached hydrogens (primary N) is 1. The summed E-state index contributed by atoms with van der Waals surface area (Å²) in [6, 6.07) is 6.56. The molecular weight excluding hydrogens is 308 g/mol. The number of aryl methyl sites for hydroxylation is 1. The van der Waals surface area contributed by atoms with Crippen LogP contribution in [0.3, 0.4) is 0 Å². The van der Waals surface area contributed by atoms with Crippen LogP contribution in [0.5, 0.6) is 0 Å². The summed E-state index contributed by atoms with van der Waals surface area (Å²) >= 11 is 4.89. The van der Waals surface area contributed by atoms with Crippen LogP contribution in [0.2, 0.25) is 0 Å². The highest BCUT2D eigenvalue weighted by molar-refractivity contribution is 7.89. The summed E-state index contributed by atoms with van der Waals surface area (Å²) in [7, 11) is -2.05. The molecule has 0 fully saturated rings. The van der Waals surface area contributed by atoms with Gasteiger partial charge in [0.05, 0.1) is 17.4 Å². The molecule has 0 saturated carbocycles. The van der Waals surface area contributed by atoms with Crippen LogP contribution in [0.4, 0.5) is 0 Å². The average Bonchev–Trinajstić information content (AvgIpc) is 2.90. The van der Waals surface area contributed by atoms with Crippen molar-refractivity contribution < 1.29 is 12.8 Å². The maximum absolute atomic E-state index is 12.6. The van der Waals surface area contributed by atoms with Gasteiger partial charge in [-0.25, -0.2) is 8.42 Å². The first-order valence-electron chi connectivity index (χ1n) is 6.20. The molecule has 0 aliphatic heterocycles. The molecule has 112 valence electrons. The predicted molar refractivity (Wildman–Crippen MR) is 84.4 cm³/mol. The minimum atomic E-state index is -3.58. The van der Waals surface area contributed by atoms with Gasteiger partial charge < -0.3 is 10.2 Å². The number of benzene rings is 1. The monoisotopic (exact) mass is 324 g/mol. The fraction of sp³-hybridized carbons (Fsp3) is 0.214. The summed E-state index contributed by atoms with van der Waals surface area (Å²) in [5, 5.41) is 0. The Labute approximate surface area is 129 Å². The van der Waals surface area contributed by atoms with Crippen molar-refractivity contribution in [1.29, 1.82) is 0 Å². The summed E-state index contributed by atoms with van der Waals surface area (Å²) in [4.78, 5) is 0.488. The molecule has 0 atom stereocenters. The minimum Gasteiger partial charge on any atom is -0.472 e. The Hall–Kier alpha value is -1.70. The van der Waals surface area contributed by atoms with E-state index in [0.29, 0.717) is 11.1 Å². The van der Waals surface area contributed by atoms with Crippen molar-refractivity contribution in [3.63, 3.8) is 0 Å². The maximum atomic E-state index is 12.6. The lowest BCUT2D eigenvalue weighted by atomic mass is 10.1. The van der Waals surface area contributed by atoms with E-state index in [1.807, 2.05) is 0 Å². The first-order valence-corrected chi connectivity index (χ1v) is 8.05. The molecular formula is C14H16N2O3S2. The summed E-state index contributed by atoms with van der Waals surface area (Å²) in [5.74, 6) is 0. The van der Waals surface area contributed by atoms with E-state index < -0.39 is 10.0 Å². The maximum Gasteiger partial charge on any atom is 0.243 e. The second-order valence-electron chi connectivity index (χ2n) is 4.74. The molecule has 2 aromatic rings. The highest BCUT2D eigenvalue weighted by Gasteiger charge is 2.23. The molecule has 0 aliphatic rings. The average molecular weight is 324 g/mol. The van der Waals surface area contributed by atoms with Crippen molar-refractivity contribution in [2.75, 3.05) is 7.05 Å². The van der Waals surface area contributed by atoms with Crippen LogP contribution in [0.15, 0.2) is 46.1 Å². The van der Waals surface area contributed by atoms with Gasteiger partial charge in [0.25, 0.3) is 0 Å². The number of hydrogen-bond acceptors (Lipinski definition) is 4. The van der Waals surface area contributed by atoms with Gasteiger partial charge in [-0.2, -0.15) is 4.31 Å². The Morgan fingerprint density at radius 1 is 1.38 bits per heavy atom. The third-order valence-electron chi connectivity index (χ3n) is 3.13. The molecule has 1 heterocycles. The minimum absolute atomic E-state index is 0.244. The topological polar surface area (TPSA) is 76.5 Å². The Bertz CT molecular complexity index is 753. The smallest absolute Gasteiger partial charge is 0.243 e. The van der Waals surface area contributed by atoms with E-state index in [-0.39, 0.29) is 16.4 Å². The second-order valence-corrected chi connectivity index (χ2v) is 7.19. The van der Waals surface area contributed by atoms with Gasteiger partial charge in [-0.1, -0.05) is 18.3 Å². The van der Waals surface area contributed by atoms with Crippen LogP contribution in [-0.4, -0.2) is 24.8 Å². The van der Waals surface area contributed by atoms with E-state index in [2.05, 4.69) is 0 Å². The fourth-order valence-electron chi connectivity index (χ4n) is 1.98. The summed E-state index contributed by atoms with van der Waals surface area (Å²) in [5.41, 5.74) is 7.61. The first kappa shape index (κ1) is 15.7. The highest BCUT2D eigenvalue weighted by atomic mass is 32.2. The van der Waals surface area contributed by atoms with Crippen LogP contribution in [0.25, 0.3) is 0 Å². The Kier molecular flexibility index (Phi) is 4.46. The number of rotatable bonds is 5. The number of hydrogen-bond donors (Lipinski definition) is 1. The van der Waals surface area contributed by atoms with Gasteiger partial charge in [0.2, 0.25) is 10.0 Å². The molecule has 2 N–H and O–H groups in total. The zero-order valence-electron chi connectivity index (χ0n) is 11.7. The van der Waals surface area contributed by atoms with Gasteiger partial charge in [0.1, 0.15) is 4.99 Å². The molecule has 7 heteroatoms. The molecule has 0 amide bonds.